The smallest absolute Gasteiger partial charge is 0.220 e. The highest BCUT2D eigenvalue weighted by Gasteiger charge is 2.23. The van der Waals surface area contributed by atoms with E-state index in [0.29, 0.717) is 11.1 Å². The summed E-state index contributed by atoms with van der Waals surface area (Å²) in [5, 5.41) is 3.28. The average molecular weight is 226 g/mol. The van der Waals surface area contributed by atoms with E-state index in [1.807, 2.05) is 6.07 Å². The standard InChI is InChI=1S/C12H8N3O2/c13-15-14-10-7-11(16)9(6-12(10)17)8-4-2-1-3-5-8/h1-7,13H/q+1. The molecule has 0 atom stereocenters. The number of hydrogen-bond donors (Lipinski definition) is 1. The Kier molecular flexibility index (Phi) is 2.85. The molecule has 0 aliphatic heterocycles. The Morgan fingerprint density at radius 1 is 1.00 bits per heavy atom. The highest BCUT2D eigenvalue weighted by molar-refractivity contribution is 6.35. The van der Waals surface area contributed by atoms with Crippen molar-refractivity contribution < 1.29 is 9.59 Å². The summed E-state index contributed by atoms with van der Waals surface area (Å²) >= 11 is 0. The Morgan fingerprint density at radius 3 is 2.35 bits per heavy atom. The molecule has 0 saturated carbocycles. The van der Waals surface area contributed by atoms with Gasteiger partial charge in [0.25, 0.3) is 0 Å². The van der Waals surface area contributed by atoms with Gasteiger partial charge in [0, 0.05) is 11.6 Å². The predicted octanol–water partition coefficient (Wildman–Crippen LogP) is 1.66. The number of carbonyl (C=O) groups excluding carboxylic acids is 2. The van der Waals surface area contributed by atoms with Crippen LogP contribution < -0.4 is 4.91 Å². The van der Waals surface area contributed by atoms with Crippen molar-refractivity contribution >= 4 is 17.1 Å². The van der Waals surface area contributed by atoms with Gasteiger partial charge in [0.1, 0.15) is 5.53 Å². The fraction of sp³-hybridized carbons (Fsp3) is 0. The molecule has 0 bridgehead atoms. The van der Waals surface area contributed by atoms with Crippen LogP contribution in [0.2, 0.25) is 0 Å². The van der Waals surface area contributed by atoms with Gasteiger partial charge >= 0.3 is 0 Å². The number of nitrogens with zero attached hydrogens (tertiary/aromatic N) is 2. The monoisotopic (exact) mass is 226 g/mol. The van der Waals surface area contributed by atoms with Crippen LogP contribution in [0.25, 0.3) is 5.57 Å². The van der Waals surface area contributed by atoms with Gasteiger partial charge in [-0.3, -0.25) is 9.59 Å². The Morgan fingerprint density at radius 2 is 1.71 bits per heavy atom. The quantitative estimate of drug-likeness (QED) is 0.472. The van der Waals surface area contributed by atoms with E-state index >= 15 is 0 Å². The number of nitrogens with one attached hydrogen (secondary N) is 1. The maximum atomic E-state index is 11.8. The van der Waals surface area contributed by atoms with Crippen molar-refractivity contribution in [2.45, 2.75) is 0 Å². The van der Waals surface area contributed by atoms with Crippen LogP contribution in [0.5, 0.6) is 0 Å². The molecule has 1 aliphatic rings. The van der Waals surface area contributed by atoms with Crippen LogP contribution in [-0.4, -0.2) is 11.6 Å². The SMILES string of the molecule is N=[N+]=NC1=CC(=O)C(c2ccccc2)=CC1=O. The molecule has 5 heteroatoms. The molecule has 1 aromatic rings. The van der Waals surface area contributed by atoms with E-state index < -0.39 is 5.78 Å². The molecule has 0 heterocycles. The third kappa shape index (κ3) is 2.14. The summed E-state index contributed by atoms with van der Waals surface area (Å²) in [5.41, 5.74) is 7.45. The summed E-state index contributed by atoms with van der Waals surface area (Å²) in [7, 11) is 0. The predicted molar refractivity (Wildman–Crippen MR) is 59.8 cm³/mol. The Hall–Kier alpha value is -2.65. The fourth-order valence-corrected chi connectivity index (χ4v) is 1.52. The lowest BCUT2D eigenvalue weighted by atomic mass is 9.95. The molecule has 0 aromatic heterocycles. The number of allylic oxidation sites excluding steroid dienone is 3. The van der Waals surface area contributed by atoms with Crippen LogP contribution in [0.15, 0.2) is 53.3 Å². The Balaban J connectivity index is 2.42. The summed E-state index contributed by atoms with van der Waals surface area (Å²) in [6, 6.07) is 8.91. The van der Waals surface area contributed by atoms with Crippen molar-refractivity contribution in [1.29, 1.82) is 5.53 Å². The minimum Gasteiger partial charge on any atom is -0.289 e. The van der Waals surface area contributed by atoms with Gasteiger partial charge < -0.3 is 0 Å². The van der Waals surface area contributed by atoms with E-state index in [1.165, 1.54) is 6.08 Å². The summed E-state index contributed by atoms with van der Waals surface area (Å²) in [6.45, 7) is 0. The van der Waals surface area contributed by atoms with Crippen molar-refractivity contribution in [3.8, 4) is 0 Å². The number of ketones is 2. The second-order valence-electron chi connectivity index (χ2n) is 3.38. The molecule has 82 valence electrons. The van der Waals surface area contributed by atoms with Crippen LogP contribution in [0.4, 0.5) is 0 Å². The van der Waals surface area contributed by atoms with E-state index in [-0.39, 0.29) is 11.5 Å². The maximum Gasteiger partial charge on any atom is 0.220 e. The molecular formula is C12H8N3O2+. The average Bonchev–Trinajstić information content (AvgIpc) is 2.35. The van der Waals surface area contributed by atoms with Crippen LogP contribution in [-0.2, 0) is 9.59 Å². The third-order valence-corrected chi connectivity index (χ3v) is 2.30. The molecule has 0 radical (unpaired) electrons. The molecule has 0 fully saturated rings. The molecule has 17 heavy (non-hydrogen) atoms. The van der Waals surface area contributed by atoms with E-state index in [4.69, 9.17) is 5.53 Å². The molecule has 0 unspecified atom stereocenters. The van der Waals surface area contributed by atoms with Gasteiger partial charge in [-0.2, -0.15) is 0 Å². The van der Waals surface area contributed by atoms with Crippen molar-refractivity contribution in [3.05, 3.63) is 53.7 Å². The number of benzene rings is 1. The fourth-order valence-electron chi connectivity index (χ4n) is 1.52. The lowest BCUT2D eigenvalue weighted by Gasteiger charge is -2.07. The number of rotatable bonds is 2. The molecule has 2 rings (SSSR count). The lowest BCUT2D eigenvalue weighted by Crippen LogP contribution is -2.11. The summed E-state index contributed by atoms with van der Waals surface area (Å²) < 4.78 is 0. The summed E-state index contributed by atoms with van der Waals surface area (Å²) in [5.74, 6) is -0.724. The van der Waals surface area contributed by atoms with Crippen molar-refractivity contribution in [1.82, 2.24) is 4.91 Å². The normalized spacial score (nSPS) is 14.8. The maximum absolute atomic E-state index is 11.8. The zero-order valence-corrected chi connectivity index (χ0v) is 8.75. The third-order valence-electron chi connectivity index (χ3n) is 2.30. The Bertz CT molecular complexity index is 593. The molecule has 0 spiro atoms. The van der Waals surface area contributed by atoms with Crippen molar-refractivity contribution in [2.75, 3.05) is 0 Å². The second-order valence-corrected chi connectivity index (χ2v) is 3.38. The van der Waals surface area contributed by atoms with E-state index in [1.54, 1.807) is 24.3 Å². The van der Waals surface area contributed by atoms with Crippen LogP contribution in [0, 0.1) is 5.53 Å². The first-order valence-electron chi connectivity index (χ1n) is 4.87. The zero-order valence-electron chi connectivity index (χ0n) is 8.75. The zero-order chi connectivity index (χ0) is 12.3. The first-order valence-corrected chi connectivity index (χ1v) is 4.87. The van der Waals surface area contributed by atoms with Gasteiger partial charge in [0.2, 0.25) is 16.4 Å². The minimum atomic E-state index is -0.417. The van der Waals surface area contributed by atoms with Gasteiger partial charge in [-0.1, -0.05) is 30.3 Å². The first kappa shape index (κ1) is 10.9. The van der Waals surface area contributed by atoms with E-state index in [0.717, 1.165) is 6.08 Å². The summed E-state index contributed by atoms with van der Waals surface area (Å²) in [4.78, 5) is 26.1. The van der Waals surface area contributed by atoms with Gasteiger partial charge in [-0.15, -0.1) is 0 Å². The Labute approximate surface area is 96.7 Å². The molecule has 1 aromatic carbocycles. The largest absolute Gasteiger partial charge is 0.289 e. The van der Waals surface area contributed by atoms with Crippen LogP contribution in [0.1, 0.15) is 5.56 Å². The van der Waals surface area contributed by atoms with Gasteiger partial charge in [-0.05, 0) is 11.6 Å². The van der Waals surface area contributed by atoms with Gasteiger partial charge in [0.05, 0.1) is 0 Å². The van der Waals surface area contributed by atoms with Crippen LogP contribution in [0.3, 0.4) is 0 Å². The van der Waals surface area contributed by atoms with Crippen LogP contribution >= 0.6 is 0 Å². The first-order chi connectivity index (χ1) is 8.22. The van der Waals surface area contributed by atoms with Gasteiger partial charge in [-0.25, -0.2) is 0 Å². The molecule has 5 nitrogen and oxygen atoms in total. The van der Waals surface area contributed by atoms with Crippen molar-refractivity contribution in [2.24, 2.45) is 5.11 Å². The molecule has 1 aliphatic carbocycles. The number of hydrogen-bond acceptors (Lipinski definition) is 4. The highest BCUT2D eigenvalue weighted by Crippen LogP contribution is 2.21. The van der Waals surface area contributed by atoms with Crippen molar-refractivity contribution in [3.63, 3.8) is 0 Å². The molecule has 0 saturated heterocycles. The highest BCUT2D eigenvalue weighted by atomic mass is 16.1. The topological polar surface area (TPSA) is 84.4 Å². The number of carbonyl (C=O) groups is 2. The molecule has 1 N–H and O–H groups in total. The second kappa shape index (κ2) is 4.47. The molecular weight excluding hydrogens is 218 g/mol. The summed E-state index contributed by atoms with van der Waals surface area (Å²) in [6.07, 6.45) is 2.32. The van der Waals surface area contributed by atoms with E-state index in [2.05, 4.69) is 10.0 Å². The van der Waals surface area contributed by atoms with Gasteiger partial charge in [0.15, 0.2) is 10.9 Å². The lowest BCUT2D eigenvalue weighted by molar-refractivity contribution is -0.114. The minimum absolute atomic E-state index is 0.107. The van der Waals surface area contributed by atoms with E-state index in [9.17, 15) is 9.59 Å². The molecule has 0 amide bonds.